The Kier molecular flexibility index (Phi) is 6.06. The van der Waals surface area contributed by atoms with Gasteiger partial charge in [-0.2, -0.15) is 0 Å². The molecule has 0 atom stereocenters. The average Bonchev–Trinajstić information content (AvgIpc) is 2.61. The fourth-order valence-electron chi connectivity index (χ4n) is 3.08. The van der Waals surface area contributed by atoms with Crippen LogP contribution in [0, 0.1) is 18.8 Å². The van der Waals surface area contributed by atoms with Crippen molar-refractivity contribution >= 4 is 0 Å². The summed E-state index contributed by atoms with van der Waals surface area (Å²) in [6, 6.07) is 8.29. The number of hydrogen-bond acceptors (Lipinski definition) is 4. The van der Waals surface area contributed by atoms with Gasteiger partial charge in [0.2, 0.25) is 0 Å². The van der Waals surface area contributed by atoms with E-state index in [4.69, 9.17) is 18.9 Å². The lowest BCUT2D eigenvalue weighted by atomic mass is 10.0. The lowest BCUT2D eigenvalue weighted by Crippen LogP contribution is -2.43. The number of hydrogen-bond donors (Lipinski definition) is 0. The molecule has 2 aliphatic rings. The molecule has 0 saturated carbocycles. The Morgan fingerprint density at radius 1 is 0.913 bits per heavy atom. The van der Waals surface area contributed by atoms with E-state index in [1.54, 1.807) is 0 Å². The zero-order valence-electron chi connectivity index (χ0n) is 14.2. The molecule has 0 aliphatic carbocycles. The summed E-state index contributed by atoms with van der Waals surface area (Å²) in [4.78, 5) is 0. The van der Waals surface area contributed by atoms with Gasteiger partial charge in [0.25, 0.3) is 0 Å². The average molecular weight is 320 g/mol. The van der Waals surface area contributed by atoms with E-state index in [2.05, 4.69) is 38.1 Å². The monoisotopic (exact) mass is 320 g/mol. The molecule has 2 heterocycles. The second kappa shape index (κ2) is 8.25. The minimum atomic E-state index is -0.271. The van der Waals surface area contributed by atoms with Crippen LogP contribution in [0.1, 0.15) is 43.6 Å². The van der Waals surface area contributed by atoms with Gasteiger partial charge in [-0.1, -0.05) is 49.6 Å². The molecular formula is C19H28O4. The fourth-order valence-corrected chi connectivity index (χ4v) is 3.08. The molecule has 0 aromatic heterocycles. The maximum atomic E-state index is 5.90. The molecule has 2 fully saturated rings. The maximum absolute atomic E-state index is 5.90. The first-order valence-electron chi connectivity index (χ1n) is 8.79. The van der Waals surface area contributed by atoms with Gasteiger partial charge in [0.1, 0.15) is 0 Å². The van der Waals surface area contributed by atoms with Crippen LogP contribution in [0.5, 0.6) is 0 Å². The van der Waals surface area contributed by atoms with Gasteiger partial charge in [0.15, 0.2) is 12.6 Å². The van der Waals surface area contributed by atoms with Gasteiger partial charge < -0.3 is 18.9 Å². The van der Waals surface area contributed by atoms with Crippen LogP contribution in [0.4, 0.5) is 0 Å². The molecule has 0 unspecified atom stereocenters. The molecule has 2 saturated heterocycles. The first-order valence-corrected chi connectivity index (χ1v) is 8.79. The summed E-state index contributed by atoms with van der Waals surface area (Å²) in [6.07, 6.45) is 3.20. The lowest BCUT2D eigenvalue weighted by molar-refractivity contribution is -0.283. The standard InChI is InChI=1S/C19H28O4/c1-3-4-5-15-10-20-19(21-11-15)17-12-22-18(23-13-17)16-8-6-14(2)7-9-16/h6-9,15,17-19H,3-5,10-13H2,1-2H3/t15-,17-,18-,19-. The van der Waals surface area contributed by atoms with E-state index in [1.807, 2.05) is 0 Å². The van der Waals surface area contributed by atoms with Crippen molar-refractivity contribution in [3.63, 3.8) is 0 Å². The zero-order chi connectivity index (χ0) is 16.1. The van der Waals surface area contributed by atoms with Crippen molar-refractivity contribution in [2.24, 2.45) is 11.8 Å². The van der Waals surface area contributed by atoms with Crippen molar-refractivity contribution in [2.75, 3.05) is 26.4 Å². The highest BCUT2D eigenvalue weighted by Crippen LogP contribution is 2.29. The van der Waals surface area contributed by atoms with Crippen LogP contribution in [0.2, 0.25) is 0 Å². The number of aryl methyl sites for hydroxylation is 1. The van der Waals surface area contributed by atoms with E-state index in [-0.39, 0.29) is 18.5 Å². The van der Waals surface area contributed by atoms with E-state index < -0.39 is 0 Å². The molecule has 3 rings (SSSR count). The number of benzene rings is 1. The Labute approximate surface area is 139 Å². The number of ether oxygens (including phenoxy) is 4. The van der Waals surface area contributed by atoms with Crippen molar-refractivity contribution in [3.8, 4) is 0 Å². The molecule has 0 N–H and O–H groups in total. The predicted molar refractivity (Wildman–Crippen MR) is 88.0 cm³/mol. The SMILES string of the molecule is CCCC[C@H]1CO[C@H]([C@H]2CO[C@H](c3ccc(C)cc3)OC2)OC1. The van der Waals surface area contributed by atoms with Gasteiger partial charge in [0, 0.05) is 11.5 Å². The molecule has 0 amide bonds. The van der Waals surface area contributed by atoms with E-state index in [0.717, 1.165) is 18.8 Å². The Hall–Kier alpha value is -0.940. The van der Waals surface area contributed by atoms with Crippen LogP contribution < -0.4 is 0 Å². The van der Waals surface area contributed by atoms with E-state index in [1.165, 1.54) is 24.8 Å². The minimum absolute atomic E-state index is 0.156. The molecule has 23 heavy (non-hydrogen) atoms. The second-order valence-electron chi connectivity index (χ2n) is 6.71. The fraction of sp³-hybridized carbons (Fsp3) is 0.684. The van der Waals surface area contributed by atoms with Crippen LogP contribution in [-0.2, 0) is 18.9 Å². The summed E-state index contributed by atoms with van der Waals surface area (Å²) >= 11 is 0. The van der Waals surface area contributed by atoms with Gasteiger partial charge in [-0.25, -0.2) is 0 Å². The lowest BCUT2D eigenvalue weighted by Gasteiger charge is -2.37. The van der Waals surface area contributed by atoms with Gasteiger partial charge in [-0.05, 0) is 13.3 Å². The van der Waals surface area contributed by atoms with Crippen LogP contribution >= 0.6 is 0 Å². The number of rotatable bonds is 5. The van der Waals surface area contributed by atoms with E-state index >= 15 is 0 Å². The number of unbranched alkanes of at least 4 members (excludes halogenated alkanes) is 1. The minimum Gasteiger partial charge on any atom is -0.352 e. The summed E-state index contributed by atoms with van der Waals surface area (Å²) in [7, 11) is 0. The first-order chi connectivity index (χ1) is 11.3. The van der Waals surface area contributed by atoms with Crippen molar-refractivity contribution in [3.05, 3.63) is 35.4 Å². The van der Waals surface area contributed by atoms with Crippen molar-refractivity contribution in [1.82, 2.24) is 0 Å². The smallest absolute Gasteiger partial charge is 0.183 e. The van der Waals surface area contributed by atoms with E-state index in [0.29, 0.717) is 19.1 Å². The quantitative estimate of drug-likeness (QED) is 0.826. The molecule has 0 bridgehead atoms. The van der Waals surface area contributed by atoms with Crippen molar-refractivity contribution in [1.29, 1.82) is 0 Å². The molecule has 4 nitrogen and oxygen atoms in total. The molecule has 2 aliphatic heterocycles. The third-order valence-corrected chi connectivity index (χ3v) is 4.62. The Morgan fingerprint density at radius 2 is 1.57 bits per heavy atom. The predicted octanol–water partition coefficient (Wildman–Crippen LogP) is 3.84. The maximum Gasteiger partial charge on any atom is 0.183 e. The molecule has 0 radical (unpaired) electrons. The largest absolute Gasteiger partial charge is 0.352 e. The second-order valence-corrected chi connectivity index (χ2v) is 6.71. The van der Waals surface area contributed by atoms with E-state index in [9.17, 15) is 0 Å². The van der Waals surface area contributed by atoms with Gasteiger partial charge in [-0.15, -0.1) is 0 Å². The van der Waals surface area contributed by atoms with Crippen molar-refractivity contribution < 1.29 is 18.9 Å². The third-order valence-electron chi connectivity index (χ3n) is 4.62. The van der Waals surface area contributed by atoms with Crippen LogP contribution in [0.25, 0.3) is 0 Å². The molecule has 1 aromatic carbocycles. The molecule has 1 aromatic rings. The molecular weight excluding hydrogens is 292 g/mol. The zero-order valence-corrected chi connectivity index (χ0v) is 14.2. The summed E-state index contributed by atoms with van der Waals surface area (Å²) in [5.74, 6) is 0.695. The van der Waals surface area contributed by atoms with Gasteiger partial charge >= 0.3 is 0 Å². The Morgan fingerprint density at radius 3 is 2.17 bits per heavy atom. The van der Waals surface area contributed by atoms with Crippen molar-refractivity contribution in [2.45, 2.75) is 45.7 Å². The summed E-state index contributed by atoms with van der Waals surface area (Å²) in [5, 5.41) is 0. The first kappa shape index (κ1) is 16.9. The summed E-state index contributed by atoms with van der Waals surface area (Å²) < 4.78 is 23.6. The topological polar surface area (TPSA) is 36.9 Å². The van der Waals surface area contributed by atoms with Crippen LogP contribution in [0.15, 0.2) is 24.3 Å². The highest BCUT2D eigenvalue weighted by atomic mass is 16.7. The van der Waals surface area contributed by atoms with Gasteiger partial charge in [0.05, 0.1) is 32.3 Å². The molecule has 0 spiro atoms. The summed E-state index contributed by atoms with van der Waals surface area (Å²) in [6.45, 7) is 7.11. The highest BCUT2D eigenvalue weighted by Gasteiger charge is 2.33. The molecule has 4 heteroatoms. The summed E-state index contributed by atoms with van der Waals surface area (Å²) in [5.41, 5.74) is 2.31. The Bertz CT molecular complexity index is 457. The molecule has 128 valence electrons. The Balaban J connectivity index is 1.43. The normalized spacial score (nSPS) is 31.9. The third kappa shape index (κ3) is 4.54. The van der Waals surface area contributed by atoms with Gasteiger partial charge in [-0.3, -0.25) is 0 Å². The highest BCUT2D eigenvalue weighted by molar-refractivity contribution is 5.22. The van der Waals surface area contributed by atoms with Crippen LogP contribution in [0.3, 0.4) is 0 Å². The van der Waals surface area contributed by atoms with Crippen LogP contribution in [-0.4, -0.2) is 32.7 Å².